The molecule has 0 amide bonds. The number of nitrogens with two attached hydrogens (primary N) is 1. The van der Waals surface area contributed by atoms with Crippen LogP contribution in [0.25, 0.3) is 0 Å². The van der Waals surface area contributed by atoms with Crippen LogP contribution in [-0.2, 0) is 11.8 Å². The van der Waals surface area contributed by atoms with Crippen LogP contribution in [0, 0.1) is 0 Å². The Hall–Kier alpha value is -0.230. The highest BCUT2D eigenvalue weighted by Crippen LogP contribution is 2.30. The Morgan fingerprint density at radius 2 is 2.11 bits per heavy atom. The summed E-state index contributed by atoms with van der Waals surface area (Å²) < 4.78 is 1.13. The number of hydrogen-bond donors (Lipinski definition) is 1. The smallest absolute Gasteiger partial charge is 0.0947 e. The maximum absolute atomic E-state index is 6.21. The molecule has 1 atom stereocenters. The average molecular weight is 345 g/mol. The highest BCUT2D eigenvalue weighted by Gasteiger charge is 2.19. The number of halogens is 1. The second-order valence-corrected chi connectivity index (χ2v) is 8.77. The fourth-order valence-electron chi connectivity index (χ4n) is 1.57. The number of nitrogens with zero attached hydrogens (tertiary/aromatic N) is 1. The zero-order chi connectivity index (χ0) is 13.3. The first kappa shape index (κ1) is 14.2. The third-order valence-electron chi connectivity index (χ3n) is 2.67. The molecule has 2 nitrogen and oxygen atoms in total. The van der Waals surface area contributed by atoms with Gasteiger partial charge in [-0.2, -0.15) is 0 Å². The molecule has 0 saturated heterocycles. The van der Waals surface area contributed by atoms with Gasteiger partial charge in [-0.1, -0.05) is 20.8 Å². The van der Waals surface area contributed by atoms with Crippen molar-refractivity contribution in [3.63, 3.8) is 0 Å². The van der Waals surface area contributed by atoms with Gasteiger partial charge in [0.1, 0.15) is 0 Å². The van der Waals surface area contributed by atoms with E-state index in [9.17, 15) is 0 Å². The van der Waals surface area contributed by atoms with Gasteiger partial charge >= 0.3 is 0 Å². The maximum atomic E-state index is 6.21. The number of hydrogen-bond acceptors (Lipinski definition) is 4. The molecule has 1 unspecified atom stereocenters. The van der Waals surface area contributed by atoms with Crippen LogP contribution >= 0.6 is 38.6 Å². The summed E-state index contributed by atoms with van der Waals surface area (Å²) in [5, 5.41) is 3.27. The molecule has 0 radical (unpaired) electrons. The van der Waals surface area contributed by atoms with Gasteiger partial charge in [0.15, 0.2) is 0 Å². The van der Waals surface area contributed by atoms with E-state index in [4.69, 9.17) is 5.73 Å². The third-order valence-corrected chi connectivity index (χ3v) is 5.30. The summed E-state index contributed by atoms with van der Waals surface area (Å²) >= 11 is 6.87. The fraction of sp³-hybridized carbons (Fsp3) is 0.462. The Morgan fingerprint density at radius 3 is 2.61 bits per heavy atom. The Balaban J connectivity index is 2.08. The molecule has 2 rings (SSSR count). The summed E-state index contributed by atoms with van der Waals surface area (Å²) in [6.07, 6.45) is 0.813. The molecule has 0 aliphatic rings. The van der Waals surface area contributed by atoms with E-state index in [1.54, 1.807) is 22.7 Å². The summed E-state index contributed by atoms with van der Waals surface area (Å²) in [4.78, 5) is 5.89. The highest BCUT2D eigenvalue weighted by atomic mass is 79.9. The first-order valence-corrected chi connectivity index (χ1v) is 8.31. The predicted octanol–water partition coefficient (Wildman–Crippen LogP) is 4.51. The minimum Gasteiger partial charge on any atom is -0.323 e. The molecule has 2 N–H and O–H groups in total. The monoisotopic (exact) mass is 344 g/mol. The summed E-state index contributed by atoms with van der Waals surface area (Å²) in [5.41, 5.74) is 7.49. The number of thiazole rings is 1. The van der Waals surface area contributed by atoms with Crippen molar-refractivity contribution in [1.82, 2.24) is 4.98 Å². The topological polar surface area (TPSA) is 38.9 Å². The zero-order valence-corrected chi connectivity index (χ0v) is 14.0. The Kier molecular flexibility index (Phi) is 4.26. The molecule has 98 valence electrons. The first-order valence-electron chi connectivity index (χ1n) is 5.82. The minimum atomic E-state index is 0.0419. The minimum absolute atomic E-state index is 0.0419. The molecule has 2 heterocycles. The number of aromatic nitrogens is 1. The first-order chi connectivity index (χ1) is 8.36. The van der Waals surface area contributed by atoms with Crippen LogP contribution in [0.4, 0.5) is 0 Å². The van der Waals surface area contributed by atoms with Crippen LogP contribution in [0.3, 0.4) is 0 Å². The van der Waals surface area contributed by atoms with Crippen LogP contribution in [-0.4, -0.2) is 4.98 Å². The second-order valence-electron chi connectivity index (χ2n) is 5.33. The molecule has 0 saturated carbocycles. The average Bonchev–Trinajstić information content (AvgIpc) is 2.85. The summed E-state index contributed by atoms with van der Waals surface area (Å²) in [6, 6.07) is 4.17. The molecule has 0 aliphatic carbocycles. The molecule has 5 heteroatoms. The fourth-order valence-corrected chi connectivity index (χ4v) is 4.07. The van der Waals surface area contributed by atoms with Crippen molar-refractivity contribution < 1.29 is 0 Å². The van der Waals surface area contributed by atoms with Crippen molar-refractivity contribution in [2.45, 2.75) is 38.6 Å². The maximum Gasteiger partial charge on any atom is 0.0947 e. The van der Waals surface area contributed by atoms with Crippen LogP contribution in [0.5, 0.6) is 0 Å². The number of rotatable bonds is 3. The molecular formula is C13H17BrN2S2. The van der Waals surface area contributed by atoms with Crippen molar-refractivity contribution in [3.8, 4) is 0 Å². The van der Waals surface area contributed by atoms with E-state index in [1.165, 1.54) is 4.88 Å². The van der Waals surface area contributed by atoms with Crippen molar-refractivity contribution >= 4 is 38.6 Å². The van der Waals surface area contributed by atoms with Gasteiger partial charge in [0.05, 0.1) is 14.5 Å². The van der Waals surface area contributed by atoms with Gasteiger partial charge < -0.3 is 5.73 Å². The normalized spacial score (nSPS) is 13.8. The van der Waals surface area contributed by atoms with E-state index in [1.807, 2.05) is 6.07 Å². The lowest BCUT2D eigenvalue weighted by molar-refractivity contribution is 0.569. The molecule has 0 aromatic carbocycles. The van der Waals surface area contributed by atoms with Crippen molar-refractivity contribution in [1.29, 1.82) is 0 Å². The highest BCUT2D eigenvalue weighted by molar-refractivity contribution is 9.11. The quantitative estimate of drug-likeness (QED) is 0.889. The SMILES string of the molecule is CC(C)(C)c1csc(CC(N)c2ccc(Br)s2)n1. The van der Waals surface area contributed by atoms with Crippen LogP contribution in [0.15, 0.2) is 21.3 Å². The molecular weight excluding hydrogens is 328 g/mol. The molecule has 2 aromatic heterocycles. The van der Waals surface area contributed by atoms with Crippen molar-refractivity contribution in [3.05, 3.63) is 36.9 Å². The largest absolute Gasteiger partial charge is 0.323 e. The lowest BCUT2D eigenvalue weighted by Crippen LogP contribution is -2.14. The van der Waals surface area contributed by atoms with Gasteiger partial charge in [0.25, 0.3) is 0 Å². The van der Waals surface area contributed by atoms with E-state index >= 15 is 0 Å². The molecule has 2 aromatic rings. The molecule has 0 bridgehead atoms. The lowest BCUT2D eigenvalue weighted by Gasteiger charge is -2.14. The second kappa shape index (κ2) is 5.41. The summed E-state index contributed by atoms with van der Waals surface area (Å²) in [7, 11) is 0. The lowest BCUT2D eigenvalue weighted by atomic mass is 9.93. The van der Waals surface area contributed by atoms with Crippen molar-refractivity contribution in [2.24, 2.45) is 5.73 Å². The van der Waals surface area contributed by atoms with E-state index in [0.717, 1.165) is 20.9 Å². The third kappa shape index (κ3) is 3.41. The van der Waals surface area contributed by atoms with Gasteiger partial charge in [-0.05, 0) is 28.1 Å². The Morgan fingerprint density at radius 1 is 1.39 bits per heavy atom. The van der Waals surface area contributed by atoms with Gasteiger partial charge in [0, 0.05) is 28.1 Å². The van der Waals surface area contributed by atoms with E-state index in [-0.39, 0.29) is 11.5 Å². The molecule has 18 heavy (non-hydrogen) atoms. The van der Waals surface area contributed by atoms with E-state index in [0.29, 0.717) is 0 Å². The van der Waals surface area contributed by atoms with Crippen LogP contribution < -0.4 is 5.73 Å². The predicted molar refractivity (Wildman–Crippen MR) is 83.5 cm³/mol. The standard InChI is InChI=1S/C13H17BrN2S2/c1-13(2,3)10-7-17-12(16-10)6-8(15)9-4-5-11(14)18-9/h4-5,7-8H,6,15H2,1-3H3. The Labute approximate surface area is 124 Å². The molecule has 0 aliphatic heterocycles. The Bertz CT molecular complexity index is 525. The molecule has 0 fully saturated rings. The van der Waals surface area contributed by atoms with Crippen LogP contribution in [0.1, 0.15) is 42.4 Å². The van der Waals surface area contributed by atoms with Gasteiger partial charge in [0.2, 0.25) is 0 Å². The zero-order valence-electron chi connectivity index (χ0n) is 10.7. The van der Waals surface area contributed by atoms with Gasteiger partial charge in [-0.25, -0.2) is 4.98 Å². The van der Waals surface area contributed by atoms with Gasteiger partial charge in [-0.3, -0.25) is 0 Å². The van der Waals surface area contributed by atoms with Gasteiger partial charge in [-0.15, -0.1) is 22.7 Å². The van der Waals surface area contributed by atoms with Crippen molar-refractivity contribution in [2.75, 3.05) is 0 Å². The van der Waals surface area contributed by atoms with Crippen LogP contribution in [0.2, 0.25) is 0 Å². The van der Waals surface area contributed by atoms with E-state index in [2.05, 4.69) is 53.1 Å². The van der Waals surface area contributed by atoms with E-state index < -0.39 is 0 Å². The number of thiophene rings is 1. The summed E-state index contributed by atoms with van der Waals surface area (Å²) in [5.74, 6) is 0. The summed E-state index contributed by atoms with van der Waals surface area (Å²) in [6.45, 7) is 6.55. The molecule has 0 spiro atoms.